The van der Waals surface area contributed by atoms with Gasteiger partial charge in [-0.25, -0.2) is 0 Å². The number of nitrogens with zero attached hydrogens (tertiary/aromatic N) is 1. The summed E-state index contributed by atoms with van der Waals surface area (Å²) in [5.41, 5.74) is 0. The Morgan fingerprint density at radius 1 is 1.47 bits per heavy atom. The molecule has 2 saturated heterocycles. The van der Waals surface area contributed by atoms with E-state index in [2.05, 4.69) is 27.7 Å². The van der Waals surface area contributed by atoms with Gasteiger partial charge in [0.05, 0.1) is 0 Å². The number of rotatable bonds is 2. The Hall–Kier alpha value is -0.380. The average Bonchev–Trinajstić information content (AvgIpc) is 2.87. The van der Waals surface area contributed by atoms with Gasteiger partial charge < -0.3 is 5.32 Å². The summed E-state index contributed by atoms with van der Waals surface area (Å²) in [6, 6.07) is 5.23. The maximum absolute atomic E-state index is 3.61. The second-order valence-corrected chi connectivity index (χ2v) is 5.74. The minimum atomic E-state index is 0.824. The molecular formula is C12H18N2S. The Morgan fingerprint density at radius 3 is 3.33 bits per heavy atom. The molecule has 2 atom stereocenters. The Labute approximate surface area is 95.3 Å². The van der Waals surface area contributed by atoms with Gasteiger partial charge in [0, 0.05) is 30.6 Å². The number of hydrogen-bond donors (Lipinski definition) is 1. The van der Waals surface area contributed by atoms with E-state index in [-0.39, 0.29) is 0 Å². The zero-order chi connectivity index (χ0) is 10.1. The van der Waals surface area contributed by atoms with E-state index in [9.17, 15) is 0 Å². The molecule has 2 nitrogen and oxygen atoms in total. The van der Waals surface area contributed by atoms with Crippen molar-refractivity contribution in [3.8, 4) is 0 Å². The van der Waals surface area contributed by atoms with Gasteiger partial charge in [0.2, 0.25) is 0 Å². The van der Waals surface area contributed by atoms with Crippen LogP contribution in [-0.2, 0) is 6.54 Å². The fourth-order valence-corrected chi connectivity index (χ4v) is 3.64. The Kier molecular flexibility index (Phi) is 2.77. The van der Waals surface area contributed by atoms with Crippen LogP contribution in [0.3, 0.4) is 0 Å². The highest BCUT2D eigenvalue weighted by atomic mass is 32.1. The van der Waals surface area contributed by atoms with E-state index < -0.39 is 0 Å². The molecule has 0 saturated carbocycles. The number of nitrogens with one attached hydrogen (secondary N) is 1. The largest absolute Gasteiger partial charge is 0.314 e. The summed E-state index contributed by atoms with van der Waals surface area (Å²) in [5.74, 6) is 0.915. The van der Waals surface area contributed by atoms with Crippen molar-refractivity contribution in [2.75, 3.05) is 19.6 Å². The summed E-state index contributed by atoms with van der Waals surface area (Å²) in [6.45, 7) is 4.98. The summed E-state index contributed by atoms with van der Waals surface area (Å²) in [5, 5.41) is 5.79. The summed E-state index contributed by atoms with van der Waals surface area (Å²) >= 11 is 1.88. The molecule has 3 rings (SSSR count). The van der Waals surface area contributed by atoms with Gasteiger partial charge in [-0.2, -0.15) is 0 Å². The second-order valence-electron chi connectivity index (χ2n) is 4.71. The van der Waals surface area contributed by atoms with Crippen molar-refractivity contribution < 1.29 is 0 Å². The summed E-state index contributed by atoms with van der Waals surface area (Å²) in [7, 11) is 0. The van der Waals surface area contributed by atoms with Gasteiger partial charge in [0.25, 0.3) is 0 Å². The minimum Gasteiger partial charge on any atom is -0.314 e. The monoisotopic (exact) mass is 222 g/mol. The van der Waals surface area contributed by atoms with E-state index in [4.69, 9.17) is 0 Å². The molecule has 3 heterocycles. The second kappa shape index (κ2) is 4.24. The third-order valence-electron chi connectivity index (χ3n) is 3.70. The Morgan fingerprint density at radius 2 is 2.47 bits per heavy atom. The van der Waals surface area contributed by atoms with Crippen LogP contribution in [0.15, 0.2) is 17.5 Å². The van der Waals surface area contributed by atoms with Crippen LogP contribution < -0.4 is 5.32 Å². The normalized spacial score (nSPS) is 31.7. The minimum absolute atomic E-state index is 0.824. The van der Waals surface area contributed by atoms with Crippen molar-refractivity contribution >= 4 is 11.3 Å². The molecule has 2 aliphatic rings. The third kappa shape index (κ3) is 2.10. The molecule has 0 amide bonds. The number of likely N-dealkylation sites (tertiary alicyclic amines) is 1. The highest BCUT2D eigenvalue weighted by Crippen LogP contribution is 2.26. The number of thiophene rings is 1. The zero-order valence-electron chi connectivity index (χ0n) is 8.98. The lowest BCUT2D eigenvalue weighted by Gasteiger charge is -2.34. The Bertz CT molecular complexity index is 309. The summed E-state index contributed by atoms with van der Waals surface area (Å²) < 4.78 is 0. The van der Waals surface area contributed by atoms with Gasteiger partial charge in [0.15, 0.2) is 0 Å². The quantitative estimate of drug-likeness (QED) is 0.822. The zero-order valence-corrected chi connectivity index (χ0v) is 9.80. The van der Waals surface area contributed by atoms with Crippen molar-refractivity contribution in [2.45, 2.75) is 25.4 Å². The standard InChI is InChI=1S/C12H18N2S/c1-2-11(15-7-1)9-14-6-4-12-10(8-14)3-5-13-12/h1-2,7,10,12-13H,3-6,8-9H2. The van der Waals surface area contributed by atoms with Gasteiger partial charge in [0.1, 0.15) is 0 Å². The van der Waals surface area contributed by atoms with Gasteiger partial charge in [-0.15, -0.1) is 11.3 Å². The number of fused-ring (bicyclic) bond motifs is 1. The maximum Gasteiger partial charge on any atom is 0.0328 e. The molecule has 82 valence electrons. The fourth-order valence-electron chi connectivity index (χ4n) is 2.89. The van der Waals surface area contributed by atoms with E-state index in [0.717, 1.165) is 12.0 Å². The van der Waals surface area contributed by atoms with Crippen LogP contribution in [-0.4, -0.2) is 30.6 Å². The smallest absolute Gasteiger partial charge is 0.0328 e. The van der Waals surface area contributed by atoms with Gasteiger partial charge >= 0.3 is 0 Å². The molecule has 0 spiro atoms. The molecule has 0 radical (unpaired) electrons. The molecule has 2 aliphatic heterocycles. The number of piperidine rings is 1. The average molecular weight is 222 g/mol. The first kappa shape index (κ1) is 9.82. The molecule has 0 aliphatic carbocycles. The molecule has 1 N–H and O–H groups in total. The van der Waals surface area contributed by atoms with Crippen molar-refractivity contribution in [3.63, 3.8) is 0 Å². The van der Waals surface area contributed by atoms with E-state index in [0.29, 0.717) is 0 Å². The van der Waals surface area contributed by atoms with Crippen molar-refractivity contribution in [2.24, 2.45) is 5.92 Å². The molecule has 0 bridgehead atoms. The molecule has 2 unspecified atom stereocenters. The molecule has 3 heteroatoms. The van der Waals surface area contributed by atoms with Crippen LogP contribution in [0.4, 0.5) is 0 Å². The molecule has 1 aromatic rings. The molecule has 15 heavy (non-hydrogen) atoms. The van der Waals surface area contributed by atoms with Crippen molar-refractivity contribution in [1.29, 1.82) is 0 Å². The third-order valence-corrected chi connectivity index (χ3v) is 4.56. The lowest BCUT2D eigenvalue weighted by Crippen LogP contribution is -2.43. The first-order chi connectivity index (χ1) is 7.42. The van der Waals surface area contributed by atoms with E-state index >= 15 is 0 Å². The molecule has 2 fully saturated rings. The topological polar surface area (TPSA) is 15.3 Å². The van der Waals surface area contributed by atoms with E-state index in [1.807, 2.05) is 11.3 Å². The van der Waals surface area contributed by atoms with Crippen LogP contribution in [0.5, 0.6) is 0 Å². The SMILES string of the molecule is c1csc(CN2CCC3NCCC3C2)c1. The van der Waals surface area contributed by atoms with E-state index in [1.54, 1.807) is 0 Å². The first-order valence-corrected chi connectivity index (χ1v) is 6.78. The lowest BCUT2D eigenvalue weighted by molar-refractivity contribution is 0.157. The summed E-state index contributed by atoms with van der Waals surface area (Å²) in [4.78, 5) is 4.14. The van der Waals surface area contributed by atoms with Crippen LogP contribution in [0.2, 0.25) is 0 Å². The first-order valence-electron chi connectivity index (χ1n) is 5.90. The van der Waals surface area contributed by atoms with Crippen LogP contribution in [0.25, 0.3) is 0 Å². The molecular weight excluding hydrogens is 204 g/mol. The lowest BCUT2D eigenvalue weighted by atomic mass is 9.93. The maximum atomic E-state index is 3.61. The van der Waals surface area contributed by atoms with Gasteiger partial charge in [-0.3, -0.25) is 4.90 Å². The predicted octanol–water partition coefficient (Wildman–Crippen LogP) is 1.93. The molecule has 1 aromatic heterocycles. The fraction of sp³-hybridized carbons (Fsp3) is 0.667. The van der Waals surface area contributed by atoms with Crippen LogP contribution >= 0.6 is 11.3 Å². The van der Waals surface area contributed by atoms with Crippen molar-refractivity contribution in [1.82, 2.24) is 10.2 Å². The van der Waals surface area contributed by atoms with Gasteiger partial charge in [-0.1, -0.05) is 6.07 Å². The predicted molar refractivity (Wildman–Crippen MR) is 64.1 cm³/mol. The van der Waals surface area contributed by atoms with Crippen molar-refractivity contribution in [3.05, 3.63) is 22.4 Å². The molecule has 0 aromatic carbocycles. The van der Waals surface area contributed by atoms with Crippen LogP contribution in [0.1, 0.15) is 17.7 Å². The number of hydrogen-bond acceptors (Lipinski definition) is 3. The Balaban J connectivity index is 1.59. The summed E-state index contributed by atoms with van der Waals surface area (Å²) in [6.07, 6.45) is 2.72. The van der Waals surface area contributed by atoms with Gasteiger partial charge in [-0.05, 0) is 36.8 Å². The highest BCUT2D eigenvalue weighted by Gasteiger charge is 2.32. The highest BCUT2D eigenvalue weighted by molar-refractivity contribution is 7.09. The van der Waals surface area contributed by atoms with Crippen LogP contribution in [0, 0.1) is 5.92 Å². The van der Waals surface area contributed by atoms with E-state index in [1.165, 1.54) is 43.9 Å².